The number of hydrogen-bond donors (Lipinski definition) is 2. The van der Waals surface area contributed by atoms with Gasteiger partial charge in [0.25, 0.3) is 0 Å². The third-order valence-corrected chi connectivity index (χ3v) is 1.44. The number of phenols is 2. The van der Waals surface area contributed by atoms with E-state index in [9.17, 15) is 0 Å². The van der Waals surface area contributed by atoms with Gasteiger partial charge in [0.15, 0.2) is 23.2 Å². The summed E-state index contributed by atoms with van der Waals surface area (Å²) in [6.07, 6.45) is 1.17. The number of nitrogens with zero attached hydrogens (tertiary/aromatic N) is 1. The van der Waals surface area contributed by atoms with Gasteiger partial charge in [-0.25, -0.2) is 4.98 Å². The van der Waals surface area contributed by atoms with Crippen molar-refractivity contribution in [3.05, 3.63) is 18.5 Å². The molecule has 4 nitrogen and oxygen atoms in total. The summed E-state index contributed by atoms with van der Waals surface area (Å²) in [6, 6.07) is 2.71. The number of aromatic nitrogens is 1. The van der Waals surface area contributed by atoms with Gasteiger partial charge in [-0.2, -0.15) is 0 Å². The fraction of sp³-hybridized carbons (Fsp3) is 0. The van der Waals surface area contributed by atoms with Crippen molar-refractivity contribution in [2.24, 2.45) is 0 Å². The zero-order chi connectivity index (χ0) is 7.84. The highest BCUT2D eigenvalue weighted by atomic mass is 16.4. The van der Waals surface area contributed by atoms with Crippen molar-refractivity contribution in [2.75, 3.05) is 0 Å². The van der Waals surface area contributed by atoms with Crippen LogP contribution < -0.4 is 0 Å². The van der Waals surface area contributed by atoms with E-state index >= 15 is 0 Å². The van der Waals surface area contributed by atoms with Crippen LogP contribution in [0.1, 0.15) is 0 Å². The molecular weight excluding hydrogens is 146 g/mol. The second-order valence-corrected chi connectivity index (χ2v) is 2.13. The Hall–Kier alpha value is -1.71. The molecule has 0 aliphatic heterocycles. The average Bonchev–Trinajstić information content (AvgIpc) is 2.45. The zero-order valence-electron chi connectivity index (χ0n) is 5.48. The number of hydrogen-bond acceptors (Lipinski definition) is 4. The highest BCUT2D eigenvalue weighted by molar-refractivity contribution is 5.84. The van der Waals surface area contributed by atoms with Crippen LogP contribution >= 0.6 is 0 Å². The van der Waals surface area contributed by atoms with E-state index in [0.29, 0.717) is 0 Å². The van der Waals surface area contributed by atoms with Gasteiger partial charge in [0.05, 0.1) is 0 Å². The van der Waals surface area contributed by atoms with Crippen molar-refractivity contribution in [3.8, 4) is 11.5 Å². The summed E-state index contributed by atoms with van der Waals surface area (Å²) < 4.78 is 4.81. The molecule has 0 bridgehead atoms. The predicted molar refractivity (Wildman–Crippen MR) is 37.3 cm³/mol. The molecule has 0 radical (unpaired) electrons. The first kappa shape index (κ1) is 6.03. The molecule has 4 heteroatoms. The van der Waals surface area contributed by atoms with Gasteiger partial charge in [0.2, 0.25) is 0 Å². The van der Waals surface area contributed by atoms with E-state index in [0.717, 1.165) is 0 Å². The Labute approximate surface area is 61.7 Å². The van der Waals surface area contributed by atoms with Gasteiger partial charge in [-0.3, -0.25) is 0 Å². The summed E-state index contributed by atoms with van der Waals surface area (Å²) in [6.45, 7) is 0. The quantitative estimate of drug-likeness (QED) is 0.556. The van der Waals surface area contributed by atoms with E-state index in [4.69, 9.17) is 14.6 Å². The largest absolute Gasteiger partial charge is 0.506 e. The Balaban J connectivity index is 2.96. The van der Waals surface area contributed by atoms with Crippen molar-refractivity contribution in [3.63, 3.8) is 0 Å². The second-order valence-electron chi connectivity index (χ2n) is 2.13. The minimum Gasteiger partial charge on any atom is -0.506 e. The van der Waals surface area contributed by atoms with Crippen molar-refractivity contribution in [1.29, 1.82) is 0 Å². The molecule has 0 atom stereocenters. The number of phenolic OH excluding ortho intramolecular Hbond substituents is 2. The van der Waals surface area contributed by atoms with E-state index < -0.39 is 0 Å². The van der Waals surface area contributed by atoms with E-state index in [1.165, 1.54) is 18.5 Å². The summed E-state index contributed by atoms with van der Waals surface area (Å²) >= 11 is 0. The molecule has 0 fully saturated rings. The normalized spacial score (nSPS) is 10.5. The number of oxazole rings is 1. The lowest BCUT2D eigenvalue weighted by Gasteiger charge is -1.93. The van der Waals surface area contributed by atoms with Crippen LogP contribution in [-0.4, -0.2) is 15.2 Å². The van der Waals surface area contributed by atoms with E-state index in [1.807, 2.05) is 0 Å². The molecule has 1 aromatic carbocycles. The molecule has 0 aliphatic carbocycles. The molecule has 0 saturated heterocycles. The topological polar surface area (TPSA) is 66.5 Å². The third kappa shape index (κ3) is 0.724. The molecule has 0 unspecified atom stereocenters. The fourth-order valence-electron chi connectivity index (χ4n) is 0.923. The first-order valence-electron chi connectivity index (χ1n) is 3.03. The Morgan fingerprint density at radius 2 is 1.91 bits per heavy atom. The Kier molecular flexibility index (Phi) is 1.03. The number of rotatable bonds is 0. The molecule has 0 aliphatic rings. The van der Waals surface area contributed by atoms with Crippen LogP contribution in [0.4, 0.5) is 0 Å². The fourth-order valence-corrected chi connectivity index (χ4v) is 0.923. The molecule has 2 N–H and O–H groups in total. The maximum absolute atomic E-state index is 9.15. The van der Waals surface area contributed by atoms with Crippen LogP contribution in [0.25, 0.3) is 11.1 Å². The van der Waals surface area contributed by atoms with E-state index in [1.54, 1.807) is 0 Å². The molecule has 1 aromatic heterocycles. The SMILES string of the molecule is Oc1ccc(O)c2ocnc12. The summed E-state index contributed by atoms with van der Waals surface area (Å²) in [5.41, 5.74) is 0.495. The summed E-state index contributed by atoms with van der Waals surface area (Å²) in [7, 11) is 0. The van der Waals surface area contributed by atoms with Crippen LogP contribution in [0, 0.1) is 0 Å². The molecule has 1 heterocycles. The van der Waals surface area contributed by atoms with Crippen molar-refractivity contribution in [2.45, 2.75) is 0 Å². The van der Waals surface area contributed by atoms with Gasteiger partial charge in [-0.15, -0.1) is 0 Å². The monoisotopic (exact) mass is 151 g/mol. The van der Waals surface area contributed by atoms with Gasteiger partial charge in [-0.05, 0) is 12.1 Å². The van der Waals surface area contributed by atoms with Gasteiger partial charge >= 0.3 is 0 Å². The maximum Gasteiger partial charge on any atom is 0.199 e. The molecule has 0 spiro atoms. The van der Waals surface area contributed by atoms with E-state index in [2.05, 4.69) is 4.98 Å². The van der Waals surface area contributed by atoms with Crippen LogP contribution in [0.3, 0.4) is 0 Å². The summed E-state index contributed by atoms with van der Waals surface area (Å²) in [4.78, 5) is 3.70. The molecule has 0 saturated carbocycles. The standard InChI is InChI=1S/C7H5NO3/c9-4-1-2-5(10)7-6(4)8-3-11-7/h1-3,9-10H. The molecule has 0 amide bonds. The number of benzene rings is 1. The average molecular weight is 151 g/mol. The highest BCUT2D eigenvalue weighted by Gasteiger charge is 2.07. The highest BCUT2D eigenvalue weighted by Crippen LogP contribution is 2.29. The predicted octanol–water partition coefficient (Wildman–Crippen LogP) is 1.24. The lowest BCUT2D eigenvalue weighted by molar-refractivity contribution is 0.457. The minimum absolute atomic E-state index is 0.00606. The number of aromatic hydroxyl groups is 2. The van der Waals surface area contributed by atoms with E-state index in [-0.39, 0.29) is 22.6 Å². The Morgan fingerprint density at radius 3 is 2.64 bits per heavy atom. The lowest BCUT2D eigenvalue weighted by atomic mass is 10.3. The summed E-state index contributed by atoms with van der Waals surface area (Å²) in [5, 5.41) is 18.3. The van der Waals surface area contributed by atoms with Crippen LogP contribution in [-0.2, 0) is 0 Å². The zero-order valence-corrected chi connectivity index (χ0v) is 5.48. The van der Waals surface area contributed by atoms with Crippen molar-refractivity contribution >= 4 is 11.1 Å². The molecule has 2 aromatic rings. The number of fused-ring (bicyclic) bond motifs is 1. The van der Waals surface area contributed by atoms with Crippen LogP contribution in [0.5, 0.6) is 11.5 Å². The molecule has 2 rings (SSSR count). The second kappa shape index (κ2) is 1.88. The Morgan fingerprint density at radius 1 is 1.18 bits per heavy atom. The first-order valence-corrected chi connectivity index (χ1v) is 3.03. The smallest absolute Gasteiger partial charge is 0.199 e. The molecular formula is C7H5NO3. The Bertz CT molecular complexity index is 357. The van der Waals surface area contributed by atoms with Crippen molar-refractivity contribution < 1.29 is 14.6 Å². The maximum atomic E-state index is 9.15. The molecule has 56 valence electrons. The van der Waals surface area contributed by atoms with Gasteiger partial charge in [0, 0.05) is 0 Å². The van der Waals surface area contributed by atoms with Crippen LogP contribution in [0.2, 0.25) is 0 Å². The van der Waals surface area contributed by atoms with Gasteiger partial charge < -0.3 is 14.6 Å². The summed E-state index contributed by atoms with van der Waals surface area (Å²) in [5.74, 6) is -0.0122. The third-order valence-electron chi connectivity index (χ3n) is 1.44. The van der Waals surface area contributed by atoms with Gasteiger partial charge in [-0.1, -0.05) is 0 Å². The van der Waals surface area contributed by atoms with Crippen molar-refractivity contribution in [1.82, 2.24) is 4.98 Å². The molecule has 11 heavy (non-hydrogen) atoms. The lowest BCUT2D eigenvalue weighted by Crippen LogP contribution is -1.70. The minimum atomic E-state index is -0.0182. The van der Waals surface area contributed by atoms with Crippen LogP contribution in [0.15, 0.2) is 22.9 Å². The van der Waals surface area contributed by atoms with Gasteiger partial charge in [0.1, 0.15) is 5.75 Å². The first-order chi connectivity index (χ1) is 5.29.